The van der Waals surface area contributed by atoms with Crippen molar-refractivity contribution in [3.05, 3.63) is 24.3 Å². The van der Waals surface area contributed by atoms with Gasteiger partial charge in [-0.1, -0.05) is 12.1 Å². The van der Waals surface area contributed by atoms with Crippen molar-refractivity contribution >= 4 is 12.0 Å². The number of para-hydroxylation sites is 2. The summed E-state index contributed by atoms with van der Waals surface area (Å²) in [6.07, 6.45) is 1.75. The Bertz CT molecular complexity index is 341. The summed E-state index contributed by atoms with van der Waals surface area (Å²) < 4.78 is 5.40. The fourth-order valence-corrected chi connectivity index (χ4v) is 1.48. The molecule has 1 heterocycles. The molecule has 0 unspecified atom stereocenters. The second-order valence-electron chi connectivity index (χ2n) is 3.19. The lowest BCUT2D eigenvalue weighted by Gasteiger charge is -2.17. The van der Waals surface area contributed by atoms with Crippen molar-refractivity contribution in [3.63, 3.8) is 0 Å². The van der Waals surface area contributed by atoms with Crippen LogP contribution in [0.25, 0.3) is 0 Å². The fraction of sp³-hybridized carbons (Fsp3) is 0.300. The van der Waals surface area contributed by atoms with Crippen LogP contribution in [0.1, 0.15) is 0 Å². The number of rotatable bonds is 3. The predicted molar refractivity (Wildman–Crippen MR) is 53.0 cm³/mol. The van der Waals surface area contributed by atoms with Gasteiger partial charge in [-0.15, -0.1) is 0 Å². The normalized spacial score (nSPS) is 15.9. The molecule has 0 saturated heterocycles. The molecule has 0 saturated carbocycles. The lowest BCUT2D eigenvalue weighted by atomic mass is 10.2. The Hall–Kier alpha value is -1.55. The molecule has 73 valence electrons. The maximum absolute atomic E-state index is 10.3. The van der Waals surface area contributed by atoms with Gasteiger partial charge >= 0.3 is 0 Å². The molecule has 0 bridgehead atoms. The van der Waals surface area contributed by atoms with Crippen LogP contribution in [0, 0.1) is 0 Å². The van der Waals surface area contributed by atoms with Crippen molar-refractivity contribution in [1.82, 2.24) is 0 Å². The van der Waals surface area contributed by atoms with E-state index in [1.165, 1.54) is 0 Å². The molecule has 1 aromatic carbocycles. The molecule has 0 amide bonds. The van der Waals surface area contributed by atoms with Gasteiger partial charge in [0.05, 0.1) is 11.7 Å². The summed E-state index contributed by atoms with van der Waals surface area (Å²) in [5, 5.41) is 0. The molecular weight excluding hydrogens is 180 g/mol. The number of fused-ring (bicyclic) bond motifs is 1. The monoisotopic (exact) mass is 191 g/mol. The first-order chi connectivity index (χ1) is 6.81. The van der Waals surface area contributed by atoms with E-state index in [9.17, 15) is 4.79 Å². The van der Waals surface area contributed by atoms with Crippen molar-refractivity contribution < 1.29 is 9.53 Å². The predicted octanol–water partition coefficient (Wildman–Crippen LogP) is 0.280. The third-order valence-electron chi connectivity index (χ3n) is 2.15. The summed E-state index contributed by atoms with van der Waals surface area (Å²) in [7, 11) is 0. The summed E-state index contributed by atoms with van der Waals surface area (Å²) in [5.74, 6) is 0.839. The third-order valence-corrected chi connectivity index (χ3v) is 2.15. The van der Waals surface area contributed by atoms with Crippen LogP contribution < -0.4 is 15.4 Å². The van der Waals surface area contributed by atoms with Crippen LogP contribution in [0.3, 0.4) is 0 Å². The molecule has 2 N–H and O–H groups in total. The molecule has 0 fully saturated rings. The number of anilines is 1. The van der Waals surface area contributed by atoms with Crippen LogP contribution in [0.4, 0.5) is 5.69 Å². The van der Waals surface area contributed by atoms with Crippen LogP contribution in [0.15, 0.2) is 24.3 Å². The van der Waals surface area contributed by atoms with Gasteiger partial charge in [0, 0.05) is 6.54 Å². The Kier molecular flexibility index (Phi) is 2.37. The van der Waals surface area contributed by atoms with Crippen LogP contribution in [-0.2, 0) is 4.79 Å². The van der Waals surface area contributed by atoms with E-state index in [2.05, 4.69) is 0 Å². The van der Waals surface area contributed by atoms with Gasteiger partial charge in [-0.05, 0) is 12.1 Å². The van der Waals surface area contributed by atoms with Gasteiger partial charge in [-0.3, -0.25) is 4.79 Å². The number of benzene rings is 1. The van der Waals surface area contributed by atoms with Crippen molar-refractivity contribution in [3.8, 4) is 5.75 Å². The number of hydrogen-bond donors (Lipinski definition) is 1. The van der Waals surface area contributed by atoms with Crippen molar-refractivity contribution in [2.45, 2.75) is 6.04 Å². The van der Waals surface area contributed by atoms with Gasteiger partial charge in [-0.25, -0.2) is 0 Å². The number of nitrogens with zero attached hydrogens (tertiary/aromatic N) is 1. The van der Waals surface area contributed by atoms with Crippen LogP contribution in [0.5, 0.6) is 5.75 Å². The second kappa shape index (κ2) is 3.67. The minimum Gasteiger partial charge on any atom is -0.471 e. The van der Waals surface area contributed by atoms with Crippen LogP contribution in [0.2, 0.25) is 0 Å². The zero-order valence-electron chi connectivity index (χ0n) is 7.64. The van der Waals surface area contributed by atoms with Gasteiger partial charge in [0.15, 0.2) is 6.73 Å². The Labute approximate surface area is 82.3 Å². The quantitative estimate of drug-likeness (QED) is 0.745. The van der Waals surface area contributed by atoms with E-state index >= 15 is 0 Å². The van der Waals surface area contributed by atoms with E-state index in [4.69, 9.17) is 10.5 Å². The van der Waals surface area contributed by atoms with Crippen molar-refractivity contribution in [1.29, 1.82) is 0 Å². The first kappa shape index (κ1) is 9.02. The van der Waals surface area contributed by atoms with Gasteiger partial charge in [0.1, 0.15) is 5.75 Å². The summed E-state index contributed by atoms with van der Waals surface area (Å²) in [4.78, 5) is 12.2. The topological polar surface area (TPSA) is 55.6 Å². The highest BCUT2D eigenvalue weighted by Gasteiger charge is 2.21. The van der Waals surface area contributed by atoms with Crippen LogP contribution >= 0.6 is 0 Å². The van der Waals surface area contributed by atoms with E-state index in [-0.39, 0.29) is 0 Å². The summed E-state index contributed by atoms with van der Waals surface area (Å²) in [6, 6.07) is 7.10. The molecule has 4 nitrogen and oxygen atoms in total. The van der Waals surface area contributed by atoms with Gasteiger partial charge in [0.25, 0.3) is 0 Å². The molecule has 14 heavy (non-hydrogen) atoms. The number of carbonyl (C=O) groups excluding carboxylic acids is 1. The standard InChI is InChI=1S/C10H11N2O2/c11-8(6-13)5-12-7-14-10-4-2-1-3-9(10)12/h1-4,8H,5,7,11H2/t8-/m1/s1. The highest BCUT2D eigenvalue weighted by atomic mass is 16.5. The molecule has 2 rings (SSSR count). The Morgan fingerprint density at radius 1 is 1.57 bits per heavy atom. The minimum absolute atomic E-state index is 0.445. The minimum atomic E-state index is -0.579. The summed E-state index contributed by atoms with van der Waals surface area (Å²) in [6.45, 7) is 0.898. The SMILES string of the molecule is N[C@@H]([C]=O)CN1COc2ccccc21. The smallest absolute Gasteiger partial charge is 0.218 e. The number of nitrogens with two attached hydrogens (primary N) is 1. The number of ether oxygens (including phenoxy) is 1. The van der Waals surface area contributed by atoms with Gasteiger partial charge < -0.3 is 15.4 Å². The molecule has 1 atom stereocenters. The maximum atomic E-state index is 10.3. The molecule has 0 spiro atoms. The van der Waals surface area contributed by atoms with E-state index in [1.807, 2.05) is 29.2 Å². The molecule has 0 aromatic heterocycles. The van der Waals surface area contributed by atoms with Gasteiger partial charge in [-0.2, -0.15) is 0 Å². The number of hydrogen-bond acceptors (Lipinski definition) is 4. The Morgan fingerprint density at radius 2 is 2.36 bits per heavy atom. The highest BCUT2D eigenvalue weighted by molar-refractivity contribution is 5.64. The maximum Gasteiger partial charge on any atom is 0.218 e. The third kappa shape index (κ3) is 1.56. The lowest BCUT2D eigenvalue weighted by Crippen LogP contribution is -2.38. The van der Waals surface area contributed by atoms with E-state index in [0.29, 0.717) is 13.3 Å². The average molecular weight is 191 g/mol. The molecular formula is C10H11N2O2. The molecule has 1 aliphatic rings. The zero-order chi connectivity index (χ0) is 9.97. The van der Waals surface area contributed by atoms with E-state index < -0.39 is 6.04 Å². The lowest BCUT2D eigenvalue weighted by molar-refractivity contribution is 0.345. The first-order valence-electron chi connectivity index (χ1n) is 4.41. The van der Waals surface area contributed by atoms with Crippen LogP contribution in [-0.4, -0.2) is 25.6 Å². The van der Waals surface area contributed by atoms with E-state index in [1.54, 1.807) is 6.29 Å². The average Bonchev–Trinajstić information content (AvgIpc) is 2.62. The van der Waals surface area contributed by atoms with Gasteiger partial charge in [0.2, 0.25) is 6.29 Å². The largest absolute Gasteiger partial charge is 0.471 e. The molecule has 4 heteroatoms. The molecule has 1 radical (unpaired) electrons. The zero-order valence-corrected chi connectivity index (χ0v) is 7.64. The summed E-state index contributed by atoms with van der Waals surface area (Å²) >= 11 is 0. The first-order valence-corrected chi connectivity index (χ1v) is 4.41. The molecule has 1 aromatic rings. The fourth-order valence-electron chi connectivity index (χ4n) is 1.48. The molecule has 1 aliphatic heterocycles. The van der Waals surface area contributed by atoms with Crippen molar-refractivity contribution in [2.24, 2.45) is 5.73 Å². The van der Waals surface area contributed by atoms with E-state index in [0.717, 1.165) is 11.4 Å². The summed E-state index contributed by atoms with van der Waals surface area (Å²) in [5.41, 5.74) is 6.47. The molecule has 0 aliphatic carbocycles. The second-order valence-corrected chi connectivity index (χ2v) is 3.19. The Morgan fingerprint density at radius 3 is 3.14 bits per heavy atom. The van der Waals surface area contributed by atoms with Crippen molar-refractivity contribution in [2.75, 3.05) is 18.2 Å². The Balaban J connectivity index is 2.14. The highest BCUT2D eigenvalue weighted by Crippen LogP contribution is 2.32.